The van der Waals surface area contributed by atoms with Crippen molar-refractivity contribution in [3.63, 3.8) is 0 Å². The van der Waals surface area contributed by atoms with Gasteiger partial charge in [0.15, 0.2) is 0 Å². The van der Waals surface area contributed by atoms with Gasteiger partial charge in [-0.3, -0.25) is 9.89 Å². The van der Waals surface area contributed by atoms with E-state index in [1.54, 1.807) is 29.2 Å². The summed E-state index contributed by atoms with van der Waals surface area (Å²) in [5, 5.41) is 12.1. The molecule has 7 heteroatoms. The van der Waals surface area contributed by atoms with E-state index in [-0.39, 0.29) is 17.0 Å². The molecule has 1 aromatic carbocycles. The predicted octanol–water partition coefficient (Wildman–Crippen LogP) is 3.30. The molecule has 2 heterocycles. The van der Waals surface area contributed by atoms with Gasteiger partial charge in [0.25, 0.3) is 5.56 Å². The minimum Gasteiger partial charge on any atom is -0.330 e. The first-order valence-corrected chi connectivity index (χ1v) is 9.54. The molecule has 1 aliphatic carbocycles. The fraction of sp³-hybridized carbons (Fsp3) is 0.350. The van der Waals surface area contributed by atoms with Crippen molar-refractivity contribution in [1.29, 1.82) is 0 Å². The summed E-state index contributed by atoms with van der Waals surface area (Å²) in [7, 11) is 0. The molecule has 1 aliphatic rings. The van der Waals surface area contributed by atoms with Gasteiger partial charge >= 0.3 is 0 Å². The molecule has 0 saturated heterocycles. The van der Waals surface area contributed by atoms with Gasteiger partial charge in [-0.05, 0) is 49.4 Å². The second kappa shape index (κ2) is 7.29. The van der Waals surface area contributed by atoms with E-state index >= 15 is 0 Å². The van der Waals surface area contributed by atoms with Crippen LogP contribution in [0.3, 0.4) is 0 Å². The van der Waals surface area contributed by atoms with Gasteiger partial charge in [0.05, 0.1) is 17.9 Å². The molecule has 140 valence electrons. The lowest BCUT2D eigenvalue weighted by Crippen LogP contribution is -2.41. The van der Waals surface area contributed by atoms with Crippen LogP contribution < -0.4 is 11.3 Å². The minimum absolute atomic E-state index is 0.0724. The average molecular weight is 384 g/mol. The van der Waals surface area contributed by atoms with Crippen LogP contribution in [0.15, 0.2) is 53.6 Å². The summed E-state index contributed by atoms with van der Waals surface area (Å²) in [6.07, 6.45) is 6.99. The summed E-state index contributed by atoms with van der Waals surface area (Å²) < 4.78 is 1.63. The summed E-state index contributed by atoms with van der Waals surface area (Å²) in [6, 6.07) is 11.4. The lowest BCUT2D eigenvalue weighted by Gasteiger charge is -2.40. The lowest BCUT2D eigenvalue weighted by molar-refractivity contribution is 0.222. The van der Waals surface area contributed by atoms with Crippen LogP contribution in [0.1, 0.15) is 37.3 Å². The Morgan fingerprint density at radius 1 is 1.26 bits per heavy atom. The van der Waals surface area contributed by atoms with Crippen LogP contribution in [0, 0.1) is 0 Å². The molecule has 0 atom stereocenters. The number of nitrogens with zero attached hydrogens (tertiary/aromatic N) is 3. The molecule has 2 aromatic heterocycles. The van der Waals surface area contributed by atoms with Crippen molar-refractivity contribution in [2.45, 2.75) is 37.1 Å². The SMILES string of the molecule is NC[C@]1(c2cccc(Cl)c2)CC[C@H](n2nc(-c3cn[nH]c3)ccc2=O)CC1. The number of hydrogen-bond acceptors (Lipinski definition) is 4. The smallest absolute Gasteiger partial charge is 0.267 e. The highest BCUT2D eigenvalue weighted by Crippen LogP contribution is 2.42. The van der Waals surface area contributed by atoms with Gasteiger partial charge in [0.2, 0.25) is 0 Å². The largest absolute Gasteiger partial charge is 0.330 e. The first-order valence-electron chi connectivity index (χ1n) is 9.16. The van der Waals surface area contributed by atoms with Crippen molar-refractivity contribution in [2.75, 3.05) is 6.54 Å². The Morgan fingerprint density at radius 3 is 2.74 bits per heavy atom. The molecular weight excluding hydrogens is 362 g/mol. The molecule has 0 radical (unpaired) electrons. The summed E-state index contributed by atoms with van der Waals surface area (Å²) in [4.78, 5) is 12.4. The second-order valence-electron chi connectivity index (χ2n) is 7.21. The van der Waals surface area contributed by atoms with Crippen molar-refractivity contribution in [1.82, 2.24) is 20.0 Å². The van der Waals surface area contributed by atoms with E-state index in [9.17, 15) is 4.79 Å². The lowest BCUT2D eigenvalue weighted by atomic mass is 9.68. The number of nitrogens with two attached hydrogens (primary N) is 1. The number of H-pyrrole nitrogens is 1. The molecule has 0 unspecified atom stereocenters. The Labute approximate surface area is 162 Å². The molecular formula is C20H22ClN5O. The molecule has 27 heavy (non-hydrogen) atoms. The van der Waals surface area contributed by atoms with E-state index in [1.807, 2.05) is 18.2 Å². The summed E-state index contributed by atoms with van der Waals surface area (Å²) in [5.41, 5.74) is 8.82. The zero-order valence-electron chi connectivity index (χ0n) is 14.9. The average Bonchev–Trinajstić information content (AvgIpc) is 3.23. The van der Waals surface area contributed by atoms with Crippen LogP contribution in [0.2, 0.25) is 5.02 Å². The Morgan fingerprint density at radius 2 is 2.07 bits per heavy atom. The van der Waals surface area contributed by atoms with Gasteiger partial charge < -0.3 is 5.73 Å². The molecule has 1 fully saturated rings. The first-order chi connectivity index (χ1) is 13.1. The van der Waals surface area contributed by atoms with Crippen molar-refractivity contribution in [3.05, 3.63) is 69.7 Å². The van der Waals surface area contributed by atoms with Crippen LogP contribution in [0.5, 0.6) is 0 Å². The molecule has 0 amide bonds. The molecule has 3 N–H and O–H groups in total. The number of aromatic nitrogens is 4. The Bertz CT molecular complexity index is 974. The third-order valence-corrected chi connectivity index (χ3v) is 5.94. The van der Waals surface area contributed by atoms with Crippen LogP contribution in [-0.4, -0.2) is 26.5 Å². The third-order valence-electron chi connectivity index (χ3n) is 5.70. The summed E-state index contributed by atoms with van der Waals surface area (Å²) in [5.74, 6) is 0. The van der Waals surface area contributed by atoms with E-state index in [1.165, 1.54) is 5.56 Å². The molecule has 4 rings (SSSR count). The molecule has 0 spiro atoms. The Hall–Kier alpha value is -2.44. The van der Waals surface area contributed by atoms with Crippen molar-refractivity contribution in [3.8, 4) is 11.3 Å². The van der Waals surface area contributed by atoms with Crippen LogP contribution in [-0.2, 0) is 5.41 Å². The van der Waals surface area contributed by atoms with Crippen molar-refractivity contribution in [2.24, 2.45) is 5.73 Å². The number of nitrogens with one attached hydrogen (secondary N) is 1. The number of rotatable bonds is 4. The predicted molar refractivity (Wildman–Crippen MR) is 106 cm³/mol. The zero-order chi connectivity index (χ0) is 18.9. The number of hydrogen-bond donors (Lipinski definition) is 2. The van der Waals surface area contributed by atoms with E-state index in [2.05, 4.69) is 21.4 Å². The normalized spacial score (nSPS) is 22.7. The molecule has 0 aliphatic heterocycles. The fourth-order valence-corrected chi connectivity index (χ4v) is 4.25. The van der Waals surface area contributed by atoms with Gasteiger partial charge in [-0.2, -0.15) is 10.2 Å². The zero-order valence-corrected chi connectivity index (χ0v) is 15.7. The summed E-state index contributed by atoms with van der Waals surface area (Å²) >= 11 is 6.19. The highest BCUT2D eigenvalue weighted by Gasteiger charge is 2.37. The van der Waals surface area contributed by atoms with Gasteiger partial charge in [0, 0.05) is 34.8 Å². The molecule has 3 aromatic rings. The van der Waals surface area contributed by atoms with Crippen LogP contribution >= 0.6 is 11.6 Å². The maximum Gasteiger partial charge on any atom is 0.267 e. The van der Waals surface area contributed by atoms with Gasteiger partial charge in [-0.25, -0.2) is 4.68 Å². The Kier molecular flexibility index (Phi) is 4.85. The van der Waals surface area contributed by atoms with Gasteiger partial charge in [0.1, 0.15) is 0 Å². The summed E-state index contributed by atoms with van der Waals surface area (Å²) in [6.45, 7) is 0.567. The van der Waals surface area contributed by atoms with E-state index < -0.39 is 0 Å². The van der Waals surface area contributed by atoms with Crippen molar-refractivity contribution >= 4 is 11.6 Å². The van der Waals surface area contributed by atoms with Crippen LogP contribution in [0.25, 0.3) is 11.3 Å². The quantitative estimate of drug-likeness (QED) is 0.723. The monoisotopic (exact) mass is 383 g/mol. The van der Waals surface area contributed by atoms with Gasteiger partial charge in [-0.1, -0.05) is 23.7 Å². The maximum absolute atomic E-state index is 12.4. The fourth-order valence-electron chi connectivity index (χ4n) is 4.06. The van der Waals surface area contributed by atoms with E-state index in [0.29, 0.717) is 6.54 Å². The highest BCUT2D eigenvalue weighted by atomic mass is 35.5. The molecule has 1 saturated carbocycles. The third kappa shape index (κ3) is 3.42. The standard InChI is InChI=1S/C20H22ClN5O/c21-16-3-1-2-15(10-16)20(13-22)8-6-17(7-9-20)26-19(27)5-4-18(25-26)14-11-23-24-12-14/h1-5,10-12,17H,6-9,13,22H2,(H,23,24)/t17-,20-. The Balaban J connectivity index is 1.59. The van der Waals surface area contributed by atoms with E-state index in [0.717, 1.165) is 42.0 Å². The maximum atomic E-state index is 12.4. The second-order valence-corrected chi connectivity index (χ2v) is 7.65. The highest BCUT2D eigenvalue weighted by molar-refractivity contribution is 6.30. The molecule has 6 nitrogen and oxygen atoms in total. The molecule has 0 bridgehead atoms. The minimum atomic E-state index is -0.0901. The number of aromatic amines is 1. The van der Waals surface area contributed by atoms with Crippen LogP contribution in [0.4, 0.5) is 0 Å². The van der Waals surface area contributed by atoms with Gasteiger partial charge in [-0.15, -0.1) is 0 Å². The topological polar surface area (TPSA) is 89.6 Å². The van der Waals surface area contributed by atoms with E-state index in [4.69, 9.17) is 17.3 Å². The first kappa shape index (κ1) is 17.9. The number of halogens is 1. The number of benzene rings is 1. The van der Waals surface area contributed by atoms with Crippen molar-refractivity contribution < 1.29 is 0 Å².